The molecule has 160 valence electrons. The SMILES string of the molecule is COc1cccc(S(=O)(=O)Nc2ccccc2-n2cnc3ccccc32)c1-c1cnc[nH]1. The Morgan fingerprint density at radius 1 is 1.00 bits per heavy atom. The van der Waals surface area contributed by atoms with E-state index in [2.05, 4.69) is 19.7 Å². The molecule has 0 bridgehead atoms. The fourth-order valence-electron chi connectivity index (χ4n) is 3.68. The van der Waals surface area contributed by atoms with E-state index >= 15 is 0 Å². The van der Waals surface area contributed by atoms with Crippen LogP contribution in [0.1, 0.15) is 0 Å². The number of aromatic amines is 1. The molecular formula is C23H19N5O3S. The Labute approximate surface area is 184 Å². The van der Waals surface area contributed by atoms with Gasteiger partial charge in [0.25, 0.3) is 10.0 Å². The summed E-state index contributed by atoms with van der Waals surface area (Å²) in [6, 6.07) is 19.8. The second-order valence-electron chi connectivity index (χ2n) is 7.02. The van der Waals surface area contributed by atoms with Gasteiger partial charge in [0.2, 0.25) is 0 Å². The zero-order valence-corrected chi connectivity index (χ0v) is 17.9. The summed E-state index contributed by atoms with van der Waals surface area (Å²) < 4.78 is 37.1. The molecule has 8 nitrogen and oxygen atoms in total. The van der Waals surface area contributed by atoms with Gasteiger partial charge in [-0.2, -0.15) is 0 Å². The van der Waals surface area contributed by atoms with Crippen LogP contribution in [0.5, 0.6) is 5.75 Å². The van der Waals surface area contributed by atoms with Crippen LogP contribution < -0.4 is 9.46 Å². The molecule has 0 saturated heterocycles. The van der Waals surface area contributed by atoms with Crippen molar-refractivity contribution in [2.24, 2.45) is 0 Å². The number of H-pyrrole nitrogens is 1. The molecule has 2 N–H and O–H groups in total. The first-order valence-electron chi connectivity index (χ1n) is 9.78. The van der Waals surface area contributed by atoms with Crippen LogP contribution in [-0.4, -0.2) is 35.0 Å². The number of para-hydroxylation sites is 4. The first-order chi connectivity index (χ1) is 15.6. The van der Waals surface area contributed by atoms with E-state index < -0.39 is 10.0 Å². The second kappa shape index (κ2) is 7.86. The van der Waals surface area contributed by atoms with Crippen molar-refractivity contribution in [1.82, 2.24) is 19.5 Å². The van der Waals surface area contributed by atoms with E-state index in [1.165, 1.54) is 19.5 Å². The molecule has 0 amide bonds. The van der Waals surface area contributed by atoms with Crippen molar-refractivity contribution < 1.29 is 13.2 Å². The lowest BCUT2D eigenvalue weighted by molar-refractivity contribution is 0.415. The minimum absolute atomic E-state index is 0.0754. The third-order valence-electron chi connectivity index (χ3n) is 5.13. The van der Waals surface area contributed by atoms with Gasteiger partial charge in [-0.1, -0.05) is 30.3 Å². The lowest BCUT2D eigenvalue weighted by atomic mass is 10.1. The van der Waals surface area contributed by atoms with Crippen molar-refractivity contribution in [3.63, 3.8) is 0 Å². The van der Waals surface area contributed by atoms with Crippen molar-refractivity contribution in [1.29, 1.82) is 0 Å². The van der Waals surface area contributed by atoms with E-state index in [0.717, 1.165) is 11.0 Å². The molecular weight excluding hydrogens is 426 g/mol. The average molecular weight is 446 g/mol. The van der Waals surface area contributed by atoms with Crippen LogP contribution in [0, 0.1) is 0 Å². The molecule has 0 aliphatic rings. The van der Waals surface area contributed by atoms with Crippen LogP contribution in [0.25, 0.3) is 28.0 Å². The number of nitrogens with zero attached hydrogens (tertiary/aromatic N) is 3. The number of hydrogen-bond donors (Lipinski definition) is 2. The maximum Gasteiger partial charge on any atom is 0.262 e. The lowest BCUT2D eigenvalue weighted by Crippen LogP contribution is -2.16. The highest BCUT2D eigenvalue weighted by atomic mass is 32.2. The number of imidazole rings is 2. The minimum atomic E-state index is -3.98. The van der Waals surface area contributed by atoms with Gasteiger partial charge in [0.15, 0.2) is 0 Å². The summed E-state index contributed by atoms with van der Waals surface area (Å²) >= 11 is 0. The highest BCUT2D eigenvalue weighted by Crippen LogP contribution is 2.36. The van der Waals surface area contributed by atoms with Crippen LogP contribution in [0.3, 0.4) is 0 Å². The number of rotatable bonds is 6. The molecule has 5 rings (SSSR count). The Balaban J connectivity index is 1.62. The zero-order chi connectivity index (χ0) is 22.1. The summed E-state index contributed by atoms with van der Waals surface area (Å²) in [5.74, 6) is 0.422. The highest BCUT2D eigenvalue weighted by molar-refractivity contribution is 7.92. The molecule has 0 atom stereocenters. The average Bonchev–Trinajstić information content (AvgIpc) is 3.49. The van der Waals surface area contributed by atoms with Gasteiger partial charge in [-0.15, -0.1) is 0 Å². The fourth-order valence-corrected chi connectivity index (χ4v) is 4.99. The van der Waals surface area contributed by atoms with Gasteiger partial charge in [0.05, 0.1) is 53.3 Å². The molecule has 2 aromatic heterocycles. The number of ether oxygens (including phenoxy) is 1. The van der Waals surface area contributed by atoms with E-state index in [-0.39, 0.29) is 4.90 Å². The topological polar surface area (TPSA) is 102 Å². The van der Waals surface area contributed by atoms with Gasteiger partial charge in [-0.3, -0.25) is 9.29 Å². The predicted molar refractivity (Wildman–Crippen MR) is 122 cm³/mol. The number of hydrogen-bond acceptors (Lipinski definition) is 5. The summed E-state index contributed by atoms with van der Waals surface area (Å²) in [4.78, 5) is 11.5. The molecule has 9 heteroatoms. The van der Waals surface area contributed by atoms with Crippen molar-refractivity contribution in [2.45, 2.75) is 4.90 Å². The standard InChI is InChI=1S/C23H19N5O3S/c1-31-21-11-6-12-22(23(21)18-13-24-14-25-18)32(29,30)27-17-8-3-5-10-20(17)28-15-26-16-7-2-4-9-19(16)28/h2-15,27H,1H3,(H,24,25). The summed E-state index contributed by atoms with van der Waals surface area (Å²) in [6.07, 6.45) is 4.73. The van der Waals surface area contributed by atoms with Gasteiger partial charge in [0.1, 0.15) is 17.0 Å². The molecule has 2 heterocycles. The Kier molecular flexibility index (Phi) is 4.87. The number of methoxy groups -OCH3 is 1. The molecule has 5 aromatic rings. The molecule has 0 aliphatic carbocycles. The predicted octanol–water partition coefficient (Wildman–Crippen LogP) is 4.23. The van der Waals surface area contributed by atoms with E-state index in [1.54, 1.807) is 36.8 Å². The maximum atomic E-state index is 13.5. The summed E-state index contributed by atoms with van der Waals surface area (Å²) in [5.41, 5.74) is 3.73. The molecule has 0 aliphatic heterocycles. The molecule has 0 saturated carbocycles. The van der Waals surface area contributed by atoms with Gasteiger partial charge in [-0.05, 0) is 36.4 Å². The molecule has 0 radical (unpaired) electrons. The molecule has 3 aromatic carbocycles. The lowest BCUT2D eigenvalue weighted by Gasteiger charge is -2.17. The van der Waals surface area contributed by atoms with Crippen LogP contribution in [0.2, 0.25) is 0 Å². The van der Waals surface area contributed by atoms with Crippen LogP contribution in [0.15, 0.2) is 90.5 Å². The largest absolute Gasteiger partial charge is 0.496 e. The van der Waals surface area contributed by atoms with E-state index in [9.17, 15) is 8.42 Å². The second-order valence-corrected chi connectivity index (χ2v) is 8.68. The minimum Gasteiger partial charge on any atom is -0.496 e. The van der Waals surface area contributed by atoms with Gasteiger partial charge in [0, 0.05) is 0 Å². The fraction of sp³-hybridized carbons (Fsp3) is 0.0435. The third-order valence-corrected chi connectivity index (χ3v) is 6.53. The Bertz CT molecular complexity index is 1510. The van der Waals surface area contributed by atoms with Gasteiger partial charge in [-0.25, -0.2) is 18.4 Å². The van der Waals surface area contributed by atoms with E-state index in [4.69, 9.17) is 4.74 Å². The smallest absolute Gasteiger partial charge is 0.262 e. The van der Waals surface area contributed by atoms with Gasteiger partial charge >= 0.3 is 0 Å². The van der Waals surface area contributed by atoms with Crippen molar-refractivity contribution in [3.8, 4) is 22.7 Å². The van der Waals surface area contributed by atoms with Crippen LogP contribution in [0.4, 0.5) is 5.69 Å². The van der Waals surface area contributed by atoms with E-state index in [0.29, 0.717) is 28.4 Å². The Hall–Kier alpha value is -4.11. The number of nitrogens with one attached hydrogen (secondary N) is 2. The van der Waals surface area contributed by atoms with Crippen molar-refractivity contribution >= 4 is 26.7 Å². The number of sulfonamides is 1. The molecule has 0 fully saturated rings. The monoisotopic (exact) mass is 445 g/mol. The molecule has 0 spiro atoms. The maximum absolute atomic E-state index is 13.5. The van der Waals surface area contributed by atoms with Gasteiger partial charge < -0.3 is 9.72 Å². The Morgan fingerprint density at radius 2 is 1.81 bits per heavy atom. The third kappa shape index (κ3) is 3.38. The van der Waals surface area contributed by atoms with Crippen molar-refractivity contribution in [2.75, 3.05) is 11.8 Å². The summed E-state index contributed by atoms with van der Waals surface area (Å²) in [6.45, 7) is 0. The van der Waals surface area contributed by atoms with Crippen LogP contribution in [-0.2, 0) is 10.0 Å². The molecule has 0 unspecified atom stereocenters. The Morgan fingerprint density at radius 3 is 2.62 bits per heavy atom. The number of fused-ring (bicyclic) bond motifs is 1. The summed E-state index contributed by atoms with van der Waals surface area (Å²) in [7, 11) is -2.48. The highest BCUT2D eigenvalue weighted by Gasteiger charge is 2.24. The van der Waals surface area contributed by atoms with Crippen molar-refractivity contribution in [3.05, 3.63) is 85.6 Å². The normalized spacial score (nSPS) is 11.5. The summed E-state index contributed by atoms with van der Waals surface area (Å²) in [5, 5.41) is 0. The quantitative estimate of drug-likeness (QED) is 0.407. The zero-order valence-electron chi connectivity index (χ0n) is 17.1. The first-order valence-corrected chi connectivity index (χ1v) is 11.3. The van der Waals surface area contributed by atoms with Crippen LogP contribution >= 0.6 is 0 Å². The first kappa shape index (κ1) is 19.8. The number of anilines is 1. The number of benzene rings is 3. The molecule has 32 heavy (non-hydrogen) atoms. The van der Waals surface area contributed by atoms with E-state index in [1.807, 2.05) is 41.0 Å². The number of aromatic nitrogens is 4.